The fraction of sp³-hybridized carbons (Fsp3) is 0.714. The van der Waals surface area contributed by atoms with Gasteiger partial charge in [-0.2, -0.15) is 0 Å². The van der Waals surface area contributed by atoms with Crippen molar-refractivity contribution in [3.8, 4) is 0 Å². The lowest BCUT2D eigenvalue weighted by molar-refractivity contribution is -0.145. The van der Waals surface area contributed by atoms with E-state index in [9.17, 15) is 9.59 Å². The average molecular weight is 223 g/mol. The molecule has 0 heterocycles. The molecule has 0 amide bonds. The summed E-state index contributed by atoms with van der Waals surface area (Å²) >= 11 is 2.94. The summed E-state index contributed by atoms with van der Waals surface area (Å²) in [5, 5.41) is 8.69. The summed E-state index contributed by atoms with van der Waals surface area (Å²) < 4.78 is 0. The number of carboxylic acid groups (broad SMARTS) is 1. The topological polar surface area (TPSA) is 54.4 Å². The number of hydrogen-bond acceptors (Lipinski definition) is 2. The molecule has 1 unspecified atom stereocenters. The van der Waals surface area contributed by atoms with Gasteiger partial charge < -0.3 is 5.11 Å². The van der Waals surface area contributed by atoms with Crippen LogP contribution in [0.2, 0.25) is 0 Å². The first-order valence-corrected chi connectivity index (χ1v) is 4.57. The highest BCUT2D eigenvalue weighted by Gasteiger charge is 2.23. The van der Waals surface area contributed by atoms with E-state index in [1.807, 2.05) is 6.92 Å². The van der Waals surface area contributed by atoms with Crippen LogP contribution in [0.4, 0.5) is 0 Å². The Morgan fingerprint density at radius 1 is 1.55 bits per heavy atom. The first-order valence-electron chi connectivity index (χ1n) is 3.45. The molecule has 3 nitrogen and oxygen atoms in total. The van der Waals surface area contributed by atoms with Crippen molar-refractivity contribution >= 4 is 27.7 Å². The zero-order chi connectivity index (χ0) is 8.85. The number of alkyl halides is 1. The lowest BCUT2D eigenvalue weighted by atomic mass is 10.0. The molecule has 11 heavy (non-hydrogen) atoms. The fourth-order valence-corrected chi connectivity index (χ4v) is 1.19. The predicted octanol–water partition coefficient (Wildman–Crippen LogP) is 1.45. The van der Waals surface area contributed by atoms with Crippen molar-refractivity contribution < 1.29 is 14.7 Å². The highest BCUT2D eigenvalue weighted by molar-refractivity contribution is 9.09. The van der Waals surface area contributed by atoms with Crippen LogP contribution in [0.1, 0.15) is 19.8 Å². The summed E-state index contributed by atoms with van der Waals surface area (Å²) in [7, 11) is 0. The summed E-state index contributed by atoms with van der Waals surface area (Å²) in [6.45, 7) is 1.86. The molecule has 0 aliphatic carbocycles. The van der Waals surface area contributed by atoms with E-state index in [-0.39, 0.29) is 11.1 Å². The van der Waals surface area contributed by atoms with Crippen molar-refractivity contribution in [1.82, 2.24) is 0 Å². The summed E-state index contributed by atoms with van der Waals surface area (Å²) in [6.07, 6.45) is 1.15. The van der Waals surface area contributed by atoms with Crippen molar-refractivity contribution in [2.45, 2.75) is 19.8 Å². The second-order valence-corrected chi connectivity index (χ2v) is 2.84. The molecule has 1 N–H and O–H groups in total. The van der Waals surface area contributed by atoms with E-state index in [0.717, 1.165) is 6.42 Å². The molecule has 0 aromatic rings. The second kappa shape index (κ2) is 5.29. The molecular formula is C7H11BrO3. The van der Waals surface area contributed by atoms with Gasteiger partial charge in [0.2, 0.25) is 0 Å². The molecular weight excluding hydrogens is 212 g/mol. The van der Waals surface area contributed by atoms with Crippen molar-refractivity contribution in [2.24, 2.45) is 5.92 Å². The summed E-state index contributed by atoms with van der Waals surface area (Å²) in [5.74, 6) is -2.09. The first kappa shape index (κ1) is 10.6. The van der Waals surface area contributed by atoms with Crippen LogP contribution >= 0.6 is 15.9 Å². The maximum atomic E-state index is 10.9. The van der Waals surface area contributed by atoms with Crippen LogP contribution in [0, 0.1) is 5.92 Å². The van der Waals surface area contributed by atoms with Gasteiger partial charge in [-0.25, -0.2) is 0 Å². The Kier molecular flexibility index (Phi) is 5.11. The number of hydrogen-bond donors (Lipinski definition) is 1. The smallest absolute Gasteiger partial charge is 0.314 e. The van der Waals surface area contributed by atoms with Crippen LogP contribution in [-0.4, -0.2) is 22.2 Å². The second-order valence-electron chi connectivity index (χ2n) is 2.28. The third-order valence-electron chi connectivity index (χ3n) is 1.40. The average Bonchev–Trinajstić information content (AvgIpc) is 1.98. The molecule has 0 aliphatic rings. The number of aliphatic carboxylic acids is 1. The zero-order valence-corrected chi connectivity index (χ0v) is 7.93. The standard InChI is InChI=1S/C7H11BrO3/c1-2-3-5(7(10)11)6(9)4-8/h5H,2-4H2,1H3,(H,10,11). The Labute approximate surface area is 73.9 Å². The molecule has 0 fully saturated rings. The minimum Gasteiger partial charge on any atom is -0.481 e. The van der Waals surface area contributed by atoms with E-state index in [1.54, 1.807) is 0 Å². The van der Waals surface area contributed by atoms with E-state index in [1.165, 1.54) is 0 Å². The molecule has 64 valence electrons. The van der Waals surface area contributed by atoms with Crippen LogP contribution in [0.3, 0.4) is 0 Å². The Balaban J connectivity index is 4.09. The quantitative estimate of drug-likeness (QED) is 0.566. The normalized spacial score (nSPS) is 12.5. The Hall–Kier alpha value is -0.380. The third-order valence-corrected chi connectivity index (χ3v) is 1.95. The lowest BCUT2D eigenvalue weighted by Crippen LogP contribution is -2.24. The fourth-order valence-electron chi connectivity index (χ4n) is 0.804. The van der Waals surface area contributed by atoms with Gasteiger partial charge in [0, 0.05) is 0 Å². The largest absolute Gasteiger partial charge is 0.481 e. The van der Waals surface area contributed by atoms with Crippen molar-refractivity contribution in [2.75, 3.05) is 5.33 Å². The van der Waals surface area contributed by atoms with Gasteiger partial charge in [0.15, 0.2) is 5.78 Å². The zero-order valence-electron chi connectivity index (χ0n) is 6.34. The number of rotatable bonds is 5. The minimum absolute atomic E-state index is 0.129. The van der Waals surface area contributed by atoms with Gasteiger partial charge in [-0.05, 0) is 6.42 Å². The number of Topliss-reactive ketones (excluding diaryl/α,β-unsaturated/α-hetero) is 1. The van der Waals surface area contributed by atoms with Gasteiger partial charge in [-0.15, -0.1) is 0 Å². The van der Waals surface area contributed by atoms with E-state index in [0.29, 0.717) is 6.42 Å². The molecule has 4 heteroatoms. The molecule has 0 rings (SSSR count). The number of carbonyl (C=O) groups excluding carboxylic acids is 1. The summed E-state index contributed by atoms with van der Waals surface area (Å²) in [5.41, 5.74) is 0. The molecule has 0 aromatic heterocycles. The van der Waals surface area contributed by atoms with Gasteiger partial charge >= 0.3 is 5.97 Å². The van der Waals surface area contributed by atoms with E-state index in [4.69, 9.17) is 5.11 Å². The number of halogens is 1. The van der Waals surface area contributed by atoms with Gasteiger partial charge in [0.1, 0.15) is 5.92 Å². The van der Waals surface area contributed by atoms with Crippen LogP contribution in [0.25, 0.3) is 0 Å². The van der Waals surface area contributed by atoms with Crippen molar-refractivity contribution in [3.63, 3.8) is 0 Å². The van der Waals surface area contributed by atoms with E-state index < -0.39 is 11.9 Å². The number of carbonyl (C=O) groups is 2. The molecule has 0 bridgehead atoms. The summed E-state index contributed by atoms with van der Waals surface area (Å²) in [4.78, 5) is 21.4. The van der Waals surface area contributed by atoms with Crippen LogP contribution < -0.4 is 0 Å². The summed E-state index contributed by atoms with van der Waals surface area (Å²) in [6, 6.07) is 0. The Morgan fingerprint density at radius 3 is 2.36 bits per heavy atom. The number of ketones is 1. The Morgan fingerprint density at radius 2 is 2.09 bits per heavy atom. The van der Waals surface area contributed by atoms with Gasteiger partial charge in [-0.3, -0.25) is 9.59 Å². The SMILES string of the molecule is CCCC(C(=O)O)C(=O)CBr. The first-order chi connectivity index (χ1) is 5.13. The van der Waals surface area contributed by atoms with Crippen LogP contribution in [0.5, 0.6) is 0 Å². The Bertz CT molecular complexity index is 156. The maximum absolute atomic E-state index is 10.9. The van der Waals surface area contributed by atoms with E-state index in [2.05, 4.69) is 15.9 Å². The molecule has 0 aromatic carbocycles. The van der Waals surface area contributed by atoms with Gasteiger partial charge in [0.25, 0.3) is 0 Å². The molecule has 0 saturated carbocycles. The molecule has 0 radical (unpaired) electrons. The lowest BCUT2D eigenvalue weighted by Gasteiger charge is -2.06. The molecule has 0 aliphatic heterocycles. The van der Waals surface area contributed by atoms with Crippen LogP contribution in [-0.2, 0) is 9.59 Å². The predicted molar refractivity (Wildman–Crippen MR) is 44.8 cm³/mol. The molecule has 1 atom stereocenters. The highest BCUT2D eigenvalue weighted by atomic mass is 79.9. The maximum Gasteiger partial charge on any atom is 0.314 e. The van der Waals surface area contributed by atoms with Gasteiger partial charge in [0.05, 0.1) is 5.33 Å². The molecule has 0 saturated heterocycles. The van der Waals surface area contributed by atoms with E-state index >= 15 is 0 Å². The number of carboxylic acids is 1. The van der Waals surface area contributed by atoms with Gasteiger partial charge in [-0.1, -0.05) is 29.3 Å². The minimum atomic E-state index is -1.02. The van der Waals surface area contributed by atoms with Crippen molar-refractivity contribution in [1.29, 1.82) is 0 Å². The van der Waals surface area contributed by atoms with Crippen molar-refractivity contribution in [3.05, 3.63) is 0 Å². The third kappa shape index (κ3) is 3.51. The highest BCUT2D eigenvalue weighted by Crippen LogP contribution is 2.09. The monoisotopic (exact) mass is 222 g/mol. The van der Waals surface area contributed by atoms with Crippen LogP contribution in [0.15, 0.2) is 0 Å². The molecule has 0 spiro atoms.